The van der Waals surface area contributed by atoms with Crippen LogP contribution in [0.5, 0.6) is 5.75 Å². The lowest BCUT2D eigenvalue weighted by Crippen LogP contribution is -2.24. The number of anilines is 1. The maximum absolute atomic E-state index is 12.3. The van der Waals surface area contributed by atoms with Crippen molar-refractivity contribution in [2.75, 3.05) is 18.5 Å². The van der Waals surface area contributed by atoms with Crippen LogP contribution in [0.15, 0.2) is 36.7 Å². The number of hydrogen-bond acceptors (Lipinski definition) is 8. The molecule has 0 fully saturated rings. The van der Waals surface area contributed by atoms with E-state index in [0.29, 0.717) is 34.5 Å². The lowest BCUT2D eigenvalue weighted by atomic mass is 10.2. The number of pyridine rings is 3. The van der Waals surface area contributed by atoms with Gasteiger partial charge in [-0.1, -0.05) is 6.07 Å². The van der Waals surface area contributed by atoms with E-state index in [4.69, 9.17) is 10.4 Å². The van der Waals surface area contributed by atoms with Gasteiger partial charge < -0.3 is 20.8 Å². The second kappa shape index (κ2) is 8.07. The number of aliphatic hydroxyl groups excluding tert-OH is 1. The van der Waals surface area contributed by atoms with Crippen LogP contribution in [0.1, 0.15) is 21.7 Å². The lowest BCUT2D eigenvalue weighted by Gasteiger charge is -2.09. The number of nitriles is 1. The number of fused-ring (bicyclic) bond motifs is 1. The van der Waals surface area contributed by atoms with Crippen LogP contribution in [-0.2, 0) is 6.54 Å². The fourth-order valence-electron chi connectivity index (χ4n) is 2.40. The van der Waals surface area contributed by atoms with Crippen LogP contribution in [0.25, 0.3) is 10.9 Å². The molecule has 1 amide bonds. The third-order valence-electron chi connectivity index (χ3n) is 3.75. The molecule has 0 aliphatic carbocycles. The molecule has 0 atom stereocenters. The van der Waals surface area contributed by atoms with Gasteiger partial charge in [0.1, 0.15) is 17.6 Å². The maximum Gasteiger partial charge on any atom is 0.274 e. The van der Waals surface area contributed by atoms with E-state index >= 15 is 0 Å². The number of nitrogens with one attached hydrogen (secondary N) is 2. The van der Waals surface area contributed by atoms with Gasteiger partial charge in [-0.05, 0) is 23.8 Å². The van der Waals surface area contributed by atoms with E-state index < -0.39 is 5.91 Å². The fraction of sp³-hybridized carbons (Fsp3) is 0.167. The molecule has 27 heavy (non-hydrogen) atoms. The molecule has 3 rings (SSSR count). The summed E-state index contributed by atoms with van der Waals surface area (Å²) in [6.07, 6.45) is 2.90. The molecule has 3 heterocycles. The van der Waals surface area contributed by atoms with Gasteiger partial charge in [0, 0.05) is 24.7 Å². The summed E-state index contributed by atoms with van der Waals surface area (Å²) in [4.78, 5) is 24.6. The Balaban J connectivity index is 1.75. The standard InChI is InChI=1S/C18H16N6O3/c19-7-12-2-1-11(8-21-12)9-23-18(27)16-17(26)13-3-4-15(20-5-6-25)24-14(13)10-22-16/h1-4,8,10,25-26H,5-6,9H2,(H,20,24)(H,23,27). The Labute approximate surface area is 154 Å². The van der Waals surface area contributed by atoms with Crippen LogP contribution >= 0.6 is 0 Å². The normalized spacial score (nSPS) is 10.4. The SMILES string of the molecule is N#Cc1ccc(CNC(=O)c2ncc3nc(NCCO)ccc3c2O)cn1. The van der Waals surface area contributed by atoms with Gasteiger partial charge in [-0.3, -0.25) is 4.79 Å². The zero-order valence-electron chi connectivity index (χ0n) is 14.2. The average Bonchev–Trinajstić information content (AvgIpc) is 2.71. The summed E-state index contributed by atoms with van der Waals surface area (Å²) in [6, 6.07) is 8.43. The fourth-order valence-corrected chi connectivity index (χ4v) is 2.40. The summed E-state index contributed by atoms with van der Waals surface area (Å²) in [6.45, 7) is 0.499. The van der Waals surface area contributed by atoms with Crippen LogP contribution in [0.2, 0.25) is 0 Å². The highest BCUT2D eigenvalue weighted by atomic mass is 16.3. The molecule has 136 valence electrons. The highest BCUT2D eigenvalue weighted by Crippen LogP contribution is 2.27. The molecule has 0 bridgehead atoms. The first-order chi connectivity index (χ1) is 13.1. The summed E-state index contributed by atoms with van der Waals surface area (Å²) in [5.41, 5.74) is 1.31. The Morgan fingerprint density at radius 1 is 1.19 bits per heavy atom. The molecule has 0 saturated heterocycles. The van der Waals surface area contributed by atoms with Gasteiger partial charge in [-0.15, -0.1) is 0 Å². The van der Waals surface area contributed by atoms with E-state index in [2.05, 4.69) is 25.6 Å². The number of amides is 1. The molecule has 0 aromatic carbocycles. The van der Waals surface area contributed by atoms with Gasteiger partial charge in [0.15, 0.2) is 11.4 Å². The van der Waals surface area contributed by atoms with E-state index in [1.807, 2.05) is 6.07 Å². The molecule has 0 aliphatic heterocycles. The summed E-state index contributed by atoms with van der Waals surface area (Å²) in [7, 11) is 0. The van der Waals surface area contributed by atoms with E-state index in [0.717, 1.165) is 0 Å². The number of aromatic nitrogens is 3. The number of aromatic hydroxyl groups is 1. The monoisotopic (exact) mass is 364 g/mol. The molecule has 0 aliphatic rings. The van der Waals surface area contributed by atoms with Crippen LogP contribution in [0, 0.1) is 11.3 Å². The minimum absolute atomic E-state index is 0.0307. The quantitative estimate of drug-likeness (QED) is 0.506. The predicted molar refractivity (Wildman–Crippen MR) is 96.9 cm³/mol. The van der Waals surface area contributed by atoms with Gasteiger partial charge in [0.25, 0.3) is 5.91 Å². The Morgan fingerprint density at radius 2 is 2.04 bits per heavy atom. The maximum atomic E-state index is 12.3. The van der Waals surface area contributed by atoms with E-state index in [-0.39, 0.29) is 24.6 Å². The second-order valence-electron chi connectivity index (χ2n) is 5.58. The van der Waals surface area contributed by atoms with Crippen molar-refractivity contribution in [1.29, 1.82) is 5.26 Å². The number of aliphatic hydroxyl groups is 1. The third kappa shape index (κ3) is 4.08. The Morgan fingerprint density at radius 3 is 2.74 bits per heavy atom. The van der Waals surface area contributed by atoms with Crippen molar-refractivity contribution in [2.24, 2.45) is 0 Å². The van der Waals surface area contributed by atoms with Crippen LogP contribution in [0.3, 0.4) is 0 Å². The molecule has 3 aromatic heterocycles. The number of carbonyl (C=O) groups is 1. The number of hydrogen-bond donors (Lipinski definition) is 4. The molecule has 0 saturated carbocycles. The van der Waals surface area contributed by atoms with Crippen molar-refractivity contribution in [1.82, 2.24) is 20.3 Å². The molecule has 0 spiro atoms. The molecule has 0 unspecified atom stereocenters. The molecule has 9 nitrogen and oxygen atoms in total. The highest BCUT2D eigenvalue weighted by Gasteiger charge is 2.16. The predicted octanol–water partition coefficient (Wildman–Crippen LogP) is 0.936. The zero-order valence-corrected chi connectivity index (χ0v) is 14.2. The lowest BCUT2D eigenvalue weighted by molar-refractivity contribution is 0.0943. The summed E-state index contributed by atoms with van der Waals surface area (Å²) < 4.78 is 0. The second-order valence-corrected chi connectivity index (χ2v) is 5.58. The molecule has 3 aromatic rings. The van der Waals surface area contributed by atoms with Crippen molar-refractivity contribution < 1.29 is 15.0 Å². The third-order valence-corrected chi connectivity index (χ3v) is 3.75. The van der Waals surface area contributed by atoms with Crippen LogP contribution in [-0.4, -0.2) is 44.2 Å². The van der Waals surface area contributed by atoms with Crippen molar-refractivity contribution >= 4 is 22.6 Å². The summed E-state index contributed by atoms with van der Waals surface area (Å²) in [5.74, 6) is -0.270. The minimum atomic E-state index is -0.541. The Kier molecular flexibility index (Phi) is 5.39. The topological polar surface area (TPSA) is 144 Å². The summed E-state index contributed by atoms with van der Waals surface area (Å²) >= 11 is 0. The highest BCUT2D eigenvalue weighted by molar-refractivity contribution is 6.00. The minimum Gasteiger partial charge on any atom is -0.505 e. The van der Waals surface area contributed by atoms with E-state index in [1.54, 1.807) is 24.3 Å². The van der Waals surface area contributed by atoms with Gasteiger partial charge in [0.2, 0.25) is 0 Å². The number of carbonyl (C=O) groups excluding carboxylic acids is 1. The molecule has 0 radical (unpaired) electrons. The largest absolute Gasteiger partial charge is 0.505 e. The number of nitrogens with zero attached hydrogens (tertiary/aromatic N) is 4. The average molecular weight is 364 g/mol. The number of rotatable bonds is 6. The first kappa shape index (κ1) is 18.0. The van der Waals surface area contributed by atoms with Crippen LogP contribution in [0.4, 0.5) is 5.82 Å². The van der Waals surface area contributed by atoms with Gasteiger partial charge in [-0.2, -0.15) is 5.26 Å². The smallest absolute Gasteiger partial charge is 0.274 e. The molecule has 9 heteroatoms. The van der Waals surface area contributed by atoms with E-state index in [1.165, 1.54) is 12.4 Å². The van der Waals surface area contributed by atoms with E-state index in [9.17, 15) is 9.90 Å². The van der Waals surface area contributed by atoms with Crippen molar-refractivity contribution in [3.05, 3.63) is 53.6 Å². The van der Waals surface area contributed by atoms with Crippen molar-refractivity contribution in [2.45, 2.75) is 6.54 Å². The molecular formula is C18H16N6O3. The van der Waals surface area contributed by atoms with Gasteiger partial charge >= 0.3 is 0 Å². The van der Waals surface area contributed by atoms with Crippen molar-refractivity contribution in [3.8, 4) is 11.8 Å². The summed E-state index contributed by atoms with van der Waals surface area (Å²) in [5, 5.41) is 33.9. The van der Waals surface area contributed by atoms with Crippen LogP contribution < -0.4 is 10.6 Å². The first-order valence-corrected chi connectivity index (χ1v) is 8.09. The van der Waals surface area contributed by atoms with Gasteiger partial charge in [-0.25, -0.2) is 15.0 Å². The Bertz CT molecular complexity index is 1010. The van der Waals surface area contributed by atoms with Crippen molar-refractivity contribution in [3.63, 3.8) is 0 Å². The van der Waals surface area contributed by atoms with Gasteiger partial charge in [0.05, 0.1) is 18.3 Å². The Hall–Kier alpha value is -3.77. The molecular weight excluding hydrogens is 348 g/mol. The molecule has 4 N–H and O–H groups in total. The zero-order chi connectivity index (χ0) is 19.2. The first-order valence-electron chi connectivity index (χ1n) is 8.09.